The first-order valence-electron chi connectivity index (χ1n) is 11.5. The van der Waals surface area contributed by atoms with Gasteiger partial charge in [-0.2, -0.15) is 10.1 Å². The van der Waals surface area contributed by atoms with Crippen LogP contribution in [0.2, 0.25) is 0 Å². The van der Waals surface area contributed by atoms with Crippen molar-refractivity contribution in [2.45, 2.75) is 69.5 Å². The molecule has 2 saturated heterocycles. The molecule has 10 heteroatoms. The molecule has 3 aromatic rings. The minimum Gasteiger partial charge on any atom is -0.474 e. The lowest BCUT2D eigenvalue weighted by Crippen LogP contribution is -2.49. The van der Waals surface area contributed by atoms with E-state index in [1.807, 2.05) is 24.7 Å². The van der Waals surface area contributed by atoms with Gasteiger partial charge in [-0.05, 0) is 39.0 Å². The van der Waals surface area contributed by atoms with Crippen LogP contribution in [0.15, 0.2) is 35.4 Å². The minimum absolute atomic E-state index is 0.0774. The Kier molecular flexibility index (Phi) is 4.45. The fourth-order valence-electron chi connectivity index (χ4n) is 5.24. The Hall–Kier alpha value is -3.27. The van der Waals surface area contributed by atoms with Gasteiger partial charge in [0, 0.05) is 37.0 Å². The normalized spacial score (nSPS) is 29.3. The van der Waals surface area contributed by atoms with E-state index in [2.05, 4.69) is 22.3 Å². The average molecular weight is 468 g/mol. The number of carbonyl (C=O) groups excluding carboxylic acids is 1. The first kappa shape index (κ1) is 21.3. The molecule has 1 N–H and O–H groups in total. The molecule has 2 bridgehead atoms. The lowest BCUT2D eigenvalue weighted by atomic mass is 9.69. The number of rotatable bonds is 6. The topological polar surface area (TPSA) is 100 Å². The van der Waals surface area contributed by atoms with Gasteiger partial charge in [-0.1, -0.05) is 0 Å². The highest BCUT2D eigenvalue weighted by atomic mass is 19.1. The molecular formula is C24H26FN5O4. The number of halogens is 1. The van der Waals surface area contributed by atoms with Gasteiger partial charge in [0.2, 0.25) is 5.88 Å². The molecule has 4 fully saturated rings. The molecule has 2 aliphatic heterocycles. The molecule has 2 atom stereocenters. The van der Waals surface area contributed by atoms with Crippen LogP contribution in [0.5, 0.6) is 5.88 Å². The van der Waals surface area contributed by atoms with Crippen LogP contribution >= 0.6 is 0 Å². The van der Waals surface area contributed by atoms with Gasteiger partial charge < -0.3 is 19.4 Å². The number of hydrogen-bond acceptors (Lipinski definition) is 6. The van der Waals surface area contributed by atoms with E-state index < -0.39 is 23.7 Å². The monoisotopic (exact) mass is 467 g/mol. The van der Waals surface area contributed by atoms with Crippen LogP contribution < -0.4 is 15.6 Å². The predicted molar refractivity (Wildman–Crippen MR) is 122 cm³/mol. The highest BCUT2D eigenvalue weighted by Crippen LogP contribution is 2.55. The van der Waals surface area contributed by atoms with Crippen LogP contribution in [0, 0.1) is 0 Å². The summed E-state index contributed by atoms with van der Waals surface area (Å²) in [6.45, 7) is 6.39. The Bertz CT molecular complexity index is 1370. The van der Waals surface area contributed by atoms with Crippen molar-refractivity contribution in [1.29, 1.82) is 0 Å². The smallest absolute Gasteiger partial charge is 0.274 e. The third kappa shape index (κ3) is 3.31. The number of pyridine rings is 2. The van der Waals surface area contributed by atoms with Crippen molar-refractivity contribution in [2.75, 3.05) is 11.9 Å². The number of amides is 1. The Morgan fingerprint density at radius 1 is 1.38 bits per heavy atom. The Labute approximate surface area is 194 Å². The number of hydrogen-bond donors (Lipinski definition) is 1. The van der Waals surface area contributed by atoms with Gasteiger partial charge in [0.15, 0.2) is 5.65 Å². The number of carbonyl (C=O) groups is 1. The molecule has 34 heavy (non-hydrogen) atoms. The summed E-state index contributed by atoms with van der Waals surface area (Å²) in [5, 5.41) is 8.03. The number of nitrogens with one attached hydrogen (secondary N) is 1. The van der Waals surface area contributed by atoms with Crippen molar-refractivity contribution in [3.05, 3.63) is 46.5 Å². The molecule has 2 aliphatic carbocycles. The maximum atomic E-state index is 13.5. The number of aromatic nitrogens is 4. The van der Waals surface area contributed by atoms with Crippen LogP contribution in [-0.4, -0.2) is 49.7 Å². The molecule has 0 spiro atoms. The summed E-state index contributed by atoms with van der Waals surface area (Å²) < 4.78 is 28.5. The molecule has 2 saturated carbocycles. The first-order valence-corrected chi connectivity index (χ1v) is 11.5. The van der Waals surface area contributed by atoms with Gasteiger partial charge in [0.1, 0.15) is 17.4 Å². The summed E-state index contributed by atoms with van der Waals surface area (Å²) >= 11 is 0. The predicted octanol–water partition coefficient (Wildman–Crippen LogP) is 3.19. The van der Waals surface area contributed by atoms with Crippen LogP contribution in [-0.2, 0) is 10.3 Å². The van der Waals surface area contributed by atoms with E-state index in [1.165, 1.54) is 16.8 Å². The molecule has 0 radical (unpaired) electrons. The van der Waals surface area contributed by atoms with E-state index in [0.717, 1.165) is 12.8 Å². The summed E-state index contributed by atoms with van der Waals surface area (Å²) in [7, 11) is 0. The number of anilines is 1. The summed E-state index contributed by atoms with van der Waals surface area (Å²) in [6.07, 6.45) is 4.25. The molecule has 3 aromatic heterocycles. The number of nitrogens with zero attached hydrogens (tertiary/aromatic N) is 4. The van der Waals surface area contributed by atoms with Gasteiger partial charge in [-0.3, -0.25) is 14.3 Å². The second kappa shape index (κ2) is 7.11. The van der Waals surface area contributed by atoms with Crippen LogP contribution in [0.1, 0.15) is 56.4 Å². The molecule has 4 aliphatic rings. The minimum atomic E-state index is -1.03. The maximum absolute atomic E-state index is 13.5. The van der Waals surface area contributed by atoms with Crippen LogP contribution in [0.3, 0.4) is 0 Å². The van der Waals surface area contributed by atoms with Gasteiger partial charge in [-0.15, -0.1) is 0 Å². The number of alkyl halides is 1. The van der Waals surface area contributed by atoms with Crippen LogP contribution in [0.4, 0.5) is 10.1 Å². The lowest BCUT2D eigenvalue weighted by molar-refractivity contribution is 0.00381. The molecular weight excluding hydrogens is 441 g/mol. The summed E-state index contributed by atoms with van der Waals surface area (Å²) in [5.41, 5.74) is 0.0451. The van der Waals surface area contributed by atoms with Gasteiger partial charge in [0.25, 0.3) is 11.5 Å². The summed E-state index contributed by atoms with van der Waals surface area (Å²) in [5.74, 6) is -0.384. The molecule has 5 heterocycles. The van der Waals surface area contributed by atoms with Crippen molar-refractivity contribution in [3.8, 4) is 5.88 Å². The number of fused-ring (bicyclic) bond motifs is 2. The average Bonchev–Trinajstić information content (AvgIpc) is 3.08. The molecule has 9 nitrogen and oxygen atoms in total. The Morgan fingerprint density at radius 2 is 2.15 bits per heavy atom. The van der Waals surface area contributed by atoms with Crippen LogP contribution in [0.25, 0.3) is 11.0 Å². The quantitative estimate of drug-likeness (QED) is 0.598. The fourth-order valence-corrected chi connectivity index (χ4v) is 5.24. The highest BCUT2D eigenvalue weighted by Gasteiger charge is 2.61. The molecule has 1 amide bonds. The number of ether oxygens (including phenoxy) is 2. The second-order valence-electron chi connectivity index (χ2n) is 10.2. The molecule has 0 unspecified atom stereocenters. The zero-order chi connectivity index (χ0) is 23.8. The zero-order valence-electron chi connectivity index (χ0n) is 19.2. The van der Waals surface area contributed by atoms with E-state index in [0.29, 0.717) is 24.1 Å². The Morgan fingerprint density at radius 3 is 2.79 bits per heavy atom. The third-order valence-corrected chi connectivity index (χ3v) is 6.89. The van der Waals surface area contributed by atoms with Crippen molar-refractivity contribution in [3.63, 3.8) is 0 Å². The highest BCUT2D eigenvalue weighted by molar-refractivity contribution is 6.07. The van der Waals surface area contributed by atoms with Gasteiger partial charge in [-0.25, -0.2) is 4.39 Å². The standard InChI is InChI=1S/C24H26FN5O4/c1-13(2)34-21-15(20(31)26-17-5-4-6-29(22(17)32)18-8-16(18)25)7-14-9-30(28-19(14)27-21)24-10-23(3,11-24)33-12-24/h4-7,9,13,16,18H,8,10-12H2,1-3H3,(H,26,31)/t16-,18-,23?,24?/m0/s1. The van der Waals surface area contributed by atoms with E-state index in [4.69, 9.17) is 9.47 Å². The maximum Gasteiger partial charge on any atom is 0.274 e. The first-order chi connectivity index (χ1) is 16.2. The van der Waals surface area contributed by atoms with E-state index in [-0.39, 0.29) is 34.4 Å². The van der Waals surface area contributed by atoms with Gasteiger partial charge >= 0.3 is 0 Å². The third-order valence-electron chi connectivity index (χ3n) is 6.89. The fraction of sp³-hybridized carbons (Fsp3) is 0.500. The van der Waals surface area contributed by atoms with E-state index in [9.17, 15) is 14.0 Å². The van der Waals surface area contributed by atoms with Gasteiger partial charge in [0.05, 0.1) is 29.9 Å². The zero-order valence-corrected chi connectivity index (χ0v) is 19.2. The van der Waals surface area contributed by atoms with Crippen molar-refractivity contribution >= 4 is 22.6 Å². The Balaban J connectivity index is 1.35. The molecule has 7 rings (SSSR count). The van der Waals surface area contributed by atoms with E-state index in [1.54, 1.807) is 12.1 Å². The van der Waals surface area contributed by atoms with Crippen molar-refractivity contribution < 1.29 is 18.7 Å². The molecule has 178 valence electrons. The van der Waals surface area contributed by atoms with E-state index >= 15 is 0 Å². The van der Waals surface area contributed by atoms with Crippen molar-refractivity contribution in [1.82, 2.24) is 19.3 Å². The molecule has 0 aromatic carbocycles. The largest absolute Gasteiger partial charge is 0.474 e. The SMILES string of the molecule is CC(C)Oc1nc2nn(C34COC(C)(C3)C4)cc2cc1C(=O)Nc1cccn([C@H]2C[C@@H]2F)c1=O. The summed E-state index contributed by atoms with van der Waals surface area (Å²) in [4.78, 5) is 30.5. The lowest BCUT2D eigenvalue weighted by Gasteiger charge is -2.42. The second-order valence-corrected chi connectivity index (χ2v) is 10.2. The summed E-state index contributed by atoms with van der Waals surface area (Å²) in [6, 6.07) is 4.34. The van der Waals surface area contributed by atoms with Crippen molar-refractivity contribution in [2.24, 2.45) is 0 Å².